The van der Waals surface area contributed by atoms with Gasteiger partial charge in [-0.25, -0.2) is 9.97 Å². The largest absolute Gasteiger partial charge is 0.471 e. The van der Waals surface area contributed by atoms with Crippen molar-refractivity contribution < 1.29 is 14.6 Å². The van der Waals surface area contributed by atoms with Crippen LogP contribution in [-0.2, 0) is 0 Å². The molecule has 0 radical (unpaired) electrons. The van der Waals surface area contributed by atoms with Crippen LogP contribution in [0.1, 0.15) is 32.6 Å². The predicted octanol–water partition coefficient (Wildman–Crippen LogP) is 1.56. The van der Waals surface area contributed by atoms with Crippen LogP contribution in [0.4, 0.5) is 0 Å². The molecule has 0 spiro atoms. The molecular formula is C14H18N2O3. The average Bonchev–Trinajstić information content (AvgIpc) is 2.42. The van der Waals surface area contributed by atoms with Gasteiger partial charge in [0.05, 0.1) is 12.2 Å². The van der Waals surface area contributed by atoms with Crippen LogP contribution in [0.15, 0.2) is 12.4 Å². The lowest BCUT2D eigenvalue weighted by Gasteiger charge is -2.27. The number of nitrogens with zero attached hydrogens (tertiary/aromatic N) is 2. The number of aliphatic hydroxyl groups is 1. The smallest absolute Gasteiger partial charge is 0.221 e. The molecule has 0 saturated heterocycles. The third-order valence-corrected chi connectivity index (χ3v) is 3.03. The van der Waals surface area contributed by atoms with Gasteiger partial charge >= 0.3 is 0 Å². The van der Waals surface area contributed by atoms with Gasteiger partial charge in [-0.3, -0.25) is 0 Å². The molecule has 0 amide bonds. The maximum Gasteiger partial charge on any atom is 0.221 e. The fourth-order valence-corrected chi connectivity index (χ4v) is 2.02. The third kappa shape index (κ3) is 4.11. The summed E-state index contributed by atoms with van der Waals surface area (Å²) in [6.45, 7) is 2.04. The first-order valence-corrected chi connectivity index (χ1v) is 6.49. The van der Waals surface area contributed by atoms with E-state index in [0.29, 0.717) is 18.4 Å². The molecule has 1 aliphatic rings. The lowest BCUT2D eigenvalue weighted by atomic mass is 9.95. The van der Waals surface area contributed by atoms with Gasteiger partial charge in [0.15, 0.2) is 6.61 Å². The molecular weight excluding hydrogens is 244 g/mol. The highest BCUT2D eigenvalue weighted by Crippen LogP contribution is 2.23. The van der Waals surface area contributed by atoms with Gasteiger partial charge in [0.2, 0.25) is 11.8 Å². The summed E-state index contributed by atoms with van der Waals surface area (Å²) in [6, 6.07) is 1.62. The highest BCUT2D eigenvalue weighted by Gasteiger charge is 2.25. The van der Waals surface area contributed by atoms with Gasteiger partial charge in [0.1, 0.15) is 12.4 Å². The van der Waals surface area contributed by atoms with E-state index in [1.807, 2.05) is 0 Å². The quantitative estimate of drug-likeness (QED) is 0.834. The summed E-state index contributed by atoms with van der Waals surface area (Å²) in [5, 5.41) is 9.85. The summed E-state index contributed by atoms with van der Waals surface area (Å²) < 4.78 is 11.0. The van der Waals surface area contributed by atoms with E-state index in [4.69, 9.17) is 9.47 Å². The van der Waals surface area contributed by atoms with Crippen molar-refractivity contribution in [2.45, 2.75) is 44.8 Å². The first-order chi connectivity index (χ1) is 9.29. The number of aromatic nitrogens is 2. The molecule has 1 N–H and O–H groups in total. The maximum absolute atomic E-state index is 9.85. The Kier molecular flexibility index (Phi) is 4.99. The molecule has 1 aliphatic carbocycles. The van der Waals surface area contributed by atoms with Crippen molar-refractivity contribution in [1.29, 1.82) is 0 Å². The fourth-order valence-electron chi connectivity index (χ4n) is 2.02. The summed E-state index contributed by atoms with van der Waals surface area (Å²) in [7, 11) is 0. The number of hydrogen-bond acceptors (Lipinski definition) is 5. The predicted molar refractivity (Wildman–Crippen MR) is 69.9 cm³/mol. The Labute approximate surface area is 113 Å². The molecule has 1 heterocycles. The van der Waals surface area contributed by atoms with Crippen LogP contribution in [0.25, 0.3) is 0 Å². The van der Waals surface area contributed by atoms with E-state index < -0.39 is 6.10 Å². The van der Waals surface area contributed by atoms with Gasteiger partial charge in [0, 0.05) is 0 Å². The Balaban J connectivity index is 1.95. The molecule has 2 unspecified atom stereocenters. The van der Waals surface area contributed by atoms with Crippen LogP contribution in [0, 0.1) is 11.8 Å². The molecule has 1 saturated carbocycles. The lowest BCUT2D eigenvalue weighted by Crippen LogP contribution is -2.34. The van der Waals surface area contributed by atoms with Gasteiger partial charge in [-0.15, -0.1) is 5.92 Å². The van der Waals surface area contributed by atoms with Crippen molar-refractivity contribution in [3.05, 3.63) is 12.4 Å². The second-order valence-corrected chi connectivity index (χ2v) is 4.42. The minimum atomic E-state index is -0.418. The molecule has 0 aliphatic heterocycles. The fraction of sp³-hybridized carbons (Fsp3) is 0.571. The summed E-state index contributed by atoms with van der Waals surface area (Å²) in [5.74, 6) is 6.39. The zero-order chi connectivity index (χ0) is 13.5. The first kappa shape index (κ1) is 13.6. The van der Waals surface area contributed by atoms with E-state index in [1.54, 1.807) is 13.0 Å². The SMILES string of the molecule is CC#CCOc1cc(OC2CCCCC2O)ncn1. The molecule has 0 aromatic carbocycles. The molecule has 0 bridgehead atoms. The minimum absolute atomic E-state index is 0.188. The van der Waals surface area contributed by atoms with E-state index in [2.05, 4.69) is 21.8 Å². The second-order valence-electron chi connectivity index (χ2n) is 4.42. The molecule has 1 aromatic heterocycles. The van der Waals surface area contributed by atoms with Crippen molar-refractivity contribution in [3.8, 4) is 23.6 Å². The van der Waals surface area contributed by atoms with E-state index >= 15 is 0 Å². The molecule has 1 fully saturated rings. The number of aliphatic hydroxyl groups excluding tert-OH is 1. The van der Waals surface area contributed by atoms with E-state index in [0.717, 1.165) is 25.7 Å². The Morgan fingerprint density at radius 1 is 1.32 bits per heavy atom. The topological polar surface area (TPSA) is 64.5 Å². The van der Waals surface area contributed by atoms with E-state index in [-0.39, 0.29) is 6.10 Å². The van der Waals surface area contributed by atoms with Crippen molar-refractivity contribution >= 4 is 0 Å². The average molecular weight is 262 g/mol. The lowest BCUT2D eigenvalue weighted by molar-refractivity contribution is 0.00428. The van der Waals surface area contributed by atoms with Gasteiger partial charge in [-0.2, -0.15) is 0 Å². The molecule has 2 atom stereocenters. The van der Waals surface area contributed by atoms with Crippen molar-refractivity contribution in [2.24, 2.45) is 0 Å². The van der Waals surface area contributed by atoms with Crippen LogP contribution in [-0.4, -0.2) is 33.9 Å². The van der Waals surface area contributed by atoms with Crippen LogP contribution >= 0.6 is 0 Å². The van der Waals surface area contributed by atoms with Crippen molar-refractivity contribution in [1.82, 2.24) is 9.97 Å². The van der Waals surface area contributed by atoms with Crippen molar-refractivity contribution in [2.75, 3.05) is 6.61 Å². The van der Waals surface area contributed by atoms with Crippen LogP contribution in [0.3, 0.4) is 0 Å². The molecule has 102 valence electrons. The molecule has 1 aromatic rings. The molecule has 19 heavy (non-hydrogen) atoms. The van der Waals surface area contributed by atoms with Crippen LogP contribution in [0.5, 0.6) is 11.8 Å². The molecule has 2 rings (SSSR count). The Morgan fingerprint density at radius 3 is 2.89 bits per heavy atom. The number of rotatable bonds is 4. The van der Waals surface area contributed by atoms with Crippen molar-refractivity contribution in [3.63, 3.8) is 0 Å². The Morgan fingerprint density at radius 2 is 2.11 bits per heavy atom. The van der Waals surface area contributed by atoms with Gasteiger partial charge in [-0.05, 0) is 26.2 Å². The Bertz CT molecular complexity index is 467. The van der Waals surface area contributed by atoms with E-state index in [9.17, 15) is 5.11 Å². The van der Waals surface area contributed by atoms with Gasteiger partial charge in [0.25, 0.3) is 0 Å². The van der Waals surface area contributed by atoms with Crippen LogP contribution < -0.4 is 9.47 Å². The highest BCUT2D eigenvalue weighted by atomic mass is 16.5. The van der Waals surface area contributed by atoms with E-state index in [1.165, 1.54) is 6.33 Å². The monoisotopic (exact) mass is 262 g/mol. The molecule has 5 nitrogen and oxygen atoms in total. The van der Waals surface area contributed by atoms with Crippen LogP contribution in [0.2, 0.25) is 0 Å². The molecule has 5 heteroatoms. The standard InChI is InChI=1S/C14H18N2O3/c1-2-3-8-18-13-9-14(16-10-15-13)19-12-7-5-4-6-11(12)17/h9-12,17H,4-8H2,1H3. The summed E-state index contributed by atoms with van der Waals surface area (Å²) in [5.41, 5.74) is 0. The van der Waals surface area contributed by atoms with Gasteiger partial charge in [-0.1, -0.05) is 12.3 Å². The zero-order valence-electron chi connectivity index (χ0n) is 11.0. The summed E-state index contributed by atoms with van der Waals surface area (Å²) in [6.07, 6.45) is 4.54. The third-order valence-electron chi connectivity index (χ3n) is 3.03. The maximum atomic E-state index is 9.85. The normalized spacial score (nSPS) is 22.2. The number of hydrogen-bond donors (Lipinski definition) is 1. The number of ether oxygens (including phenoxy) is 2. The first-order valence-electron chi connectivity index (χ1n) is 6.49. The Hall–Kier alpha value is -1.80. The summed E-state index contributed by atoms with van der Waals surface area (Å²) >= 11 is 0. The summed E-state index contributed by atoms with van der Waals surface area (Å²) in [4.78, 5) is 8.02. The highest BCUT2D eigenvalue weighted by molar-refractivity contribution is 5.19. The minimum Gasteiger partial charge on any atom is -0.471 e. The zero-order valence-corrected chi connectivity index (χ0v) is 11.0. The second kappa shape index (κ2) is 6.95. The van der Waals surface area contributed by atoms with Gasteiger partial charge < -0.3 is 14.6 Å².